The molecule has 0 saturated heterocycles. The fourth-order valence-corrected chi connectivity index (χ4v) is 4.87. The summed E-state index contributed by atoms with van der Waals surface area (Å²) in [4.78, 5) is 32.2. The highest BCUT2D eigenvalue weighted by Gasteiger charge is 2.30. The monoisotopic (exact) mass is 489 g/mol. The number of ether oxygens (including phenoxy) is 1. The molecule has 0 radical (unpaired) electrons. The number of hydrogen-bond donors (Lipinski definition) is 2. The van der Waals surface area contributed by atoms with Crippen LogP contribution in [0.3, 0.4) is 0 Å². The molecule has 1 saturated carbocycles. The summed E-state index contributed by atoms with van der Waals surface area (Å²) in [6, 6.07) is 3.18. The van der Waals surface area contributed by atoms with E-state index in [-0.39, 0.29) is 24.2 Å². The van der Waals surface area contributed by atoms with E-state index >= 15 is 0 Å². The van der Waals surface area contributed by atoms with Crippen molar-refractivity contribution in [2.45, 2.75) is 69.9 Å². The molecule has 0 aliphatic heterocycles. The number of carboxylic acids is 1. The predicted molar refractivity (Wildman–Crippen MR) is 124 cm³/mol. The van der Waals surface area contributed by atoms with Gasteiger partial charge in [0.2, 0.25) is 0 Å². The molecular formula is C25H29ClFN3O4. The molecule has 34 heavy (non-hydrogen) atoms. The standard InChI is InChI=1S/C25H29ClFN3O4/c26-19-13-28-14-20(27)23(19)24(31)30-22(25(32)33)9-10-34-18-11-15(12-18)5-7-17-8-6-16-3-1-2-4-21(16)29-17/h6,8,13-15,18,22H,1-5,7,9-12H2,(H,30,31)(H,32,33). The van der Waals surface area contributed by atoms with E-state index in [2.05, 4.69) is 22.4 Å². The predicted octanol–water partition coefficient (Wildman–Crippen LogP) is 4.15. The van der Waals surface area contributed by atoms with Crippen LogP contribution in [0.25, 0.3) is 0 Å². The van der Waals surface area contributed by atoms with E-state index < -0.39 is 29.3 Å². The van der Waals surface area contributed by atoms with Crippen molar-refractivity contribution in [2.75, 3.05) is 6.61 Å². The van der Waals surface area contributed by atoms with Crippen molar-refractivity contribution in [1.29, 1.82) is 0 Å². The van der Waals surface area contributed by atoms with Gasteiger partial charge in [-0.25, -0.2) is 9.18 Å². The molecule has 2 aromatic heterocycles. The number of carbonyl (C=O) groups excluding carboxylic acids is 1. The smallest absolute Gasteiger partial charge is 0.326 e. The highest BCUT2D eigenvalue weighted by atomic mass is 35.5. The van der Waals surface area contributed by atoms with Crippen molar-refractivity contribution < 1.29 is 23.8 Å². The maximum atomic E-state index is 13.9. The first kappa shape index (κ1) is 24.5. The van der Waals surface area contributed by atoms with E-state index in [0.717, 1.165) is 56.6 Å². The van der Waals surface area contributed by atoms with Gasteiger partial charge in [0.1, 0.15) is 6.04 Å². The Morgan fingerprint density at radius 1 is 1.24 bits per heavy atom. The van der Waals surface area contributed by atoms with Crippen LogP contribution in [-0.2, 0) is 28.8 Å². The summed E-state index contributed by atoms with van der Waals surface area (Å²) in [5, 5.41) is 11.6. The third-order valence-corrected chi connectivity index (χ3v) is 6.97. The van der Waals surface area contributed by atoms with Crippen LogP contribution in [0.15, 0.2) is 24.5 Å². The SMILES string of the molecule is O=C(NC(CCOC1CC(CCc2ccc3c(n2)CCCC3)C1)C(=O)O)c1c(F)cncc1Cl. The molecule has 2 N–H and O–H groups in total. The van der Waals surface area contributed by atoms with Gasteiger partial charge in [-0.2, -0.15) is 0 Å². The molecular weight excluding hydrogens is 461 g/mol. The van der Waals surface area contributed by atoms with Gasteiger partial charge in [0.15, 0.2) is 5.82 Å². The van der Waals surface area contributed by atoms with Gasteiger partial charge in [-0.15, -0.1) is 0 Å². The van der Waals surface area contributed by atoms with Crippen molar-refractivity contribution >= 4 is 23.5 Å². The van der Waals surface area contributed by atoms with Crippen molar-refractivity contribution in [3.8, 4) is 0 Å². The number of hydrogen-bond acceptors (Lipinski definition) is 5. The van der Waals surface area contributed by atoms with E-state index in [1.165, 1.54) is 24.1 Å². The zero-order chi connectivity index (χ0) is 24.1. The number of carboxylic acid groups (broad SMARTS) is 1. The molecule has 0 spiro atoms. The lowest BCUT2D eigenvalue weighted by Crippen LogP contribution is -2.42. The fourth-order valence-electron chi connectivity index (χ4n) is 4.63. The Morgan fingerprint density at radius 2 is 2.03 bits per heavy atom. The van der Waals surface area contributed by atoms with Gasteiger partial charge in [0, 0.05) is 30.6 Å². The Labute approximate surface area is 203 Å². The second-order valence-electron chi connectivity index (χ2n) is 9.12. The molecule has 1 amide bonds. The summed E-state index contributed by atoms with van der Waals surface area (Å²) in [5.74, 6) is -2.44. The van der Waals surface area contributed by atoms with Crippen molar-refractivity contribution in [2.24, 2.45) is 5.92 Å². The van der Waals surface area contributed by atoms with Crippen LogP contribution in [0, 0.1) is 11.7 Å². The molecule has 182 valence electrons. The van der Waals surface area contributed by atoms with Gasteiger partial charge in [-0.05, 0) is 68.9 Å². The van der Waals surface area contributed by atoms with Gasteiger partial charge < -0.3 is 15.2 Å². The molecule has 7 nitrogen and oxygen atoms in total. The van der Waals surface area contributed by atoms with E-state index in [1.54, 1.807) is 0 Å². The van der Waals surface area contributed by atoms with Gasteiger partial charge in [-0.1, -0.05) is 17.7 Å². The number of carbonyl (C=O) groups is 2. The Kier molecular flexibility index (Phi) is 8.11. The van der Waals surface area contributed by atoms with E-state index in [9.17, 15) is 19.1 Å². The zero-order valence-electron chi connectivity index (χ0n) is 18.9. The Morgan fingerprint density at radius 3 is 2.79 bits per heavy atom. The summed E-state index contributed by atoms with van der Waals surface area (Å²) in [6.07, 6.45) is 10.8. The number of aryl methyl sites for hydroxylation is 3. The summed E-state index contributed by atoms with van der Waals surface area (Å²) in [6.45, 7) is 0.188. The van der Waals surface area contributed by atoms with Crippen molar-refractivity contribution in [1.82, 2.24) is 15.3 Å². The number of rotatable bonds is 10. The maximum absolute atomic E-state index is 13.9. The normalized spacial score (nSPS) is 20.2. The average Bonchev–Trinajstić information content (AvgIpc) is 2.78. The molecule has 9 heteroatoms. The van der Waals surface area contributed by atoms with Crippen LogP contribution < -0.4 is 5.32 Å². The van der Waals surface area contributed by atoms with Crippen LogP contribution in [0.5, 0.6) is 0 Å². The number of nitrogens with one attached hydrogen (secondary N) is 1. The third kappa shape index (κ3) is 6.10. The van der Waals surface area contributed by atoms with E-state index in [0.29, 0.717) is 5.92 Å². The molecule has 1 atom stereocenters. The Balaban J connectivity index is 1.17. The first-order chi connectivity index (χ1) is 16.4. The first-order valence-electron chi connectivity index (χ1n) is 11.8. The fraction of sp³-hybridized carbons (Fsp3) is 0.520. The van der Waals surface area contributed by atoms with Crippen LogP contribution in [0.4, 0.5) is 4.39 Å². The van der Waals surface area contributed by atoms with E-state index in [4.69, 9.17) is 21.3 Å². The minimum atomic E-state index is -1.22. The second-order valence-corrected chi connectivity index (χ2v) is 9.52. The number of pyridine rings is 2. The summed E-state index contributed by atoms with van der Waals surface area (Å²) in [5.41, 5.74) is 3.42. The summed E-state index contributed by atoms with van der Waals surface area (Å²) in [7, 11) is 0. The minimum Gasteiger partial charge on any atom is -0.480 e. The molecule has 2 aromatic rings. The number of halogens is 2. The largest absolute Gasteiger partial charge is 0.480 e. The molecule has 2 heterocycles. The average molecular weight is 490 g/mol. The quantitative estimate of drug-likeness (QED) is 0.520. The van der Waals surface area contributed by atoms with Crippen LogP contribution in [-0.4, -0.2) is 45.7 Å². The van der Waals surface area contributed by atoms with Crippen LogP contribution in [0.1, 0.15) is 65.8 Å². The Hall–Kier alpha value is -2.58. The highest BCUT2D eigenvalue weighted by Crippen LogP contribution is 2.34. The number of fused-ring (bicyclic) bond motifs is 1. The highest BCUT2D eigenvalue weighted by molar-refractivity contribution is 6.33. The number of aliphatic carboxylic acids is 1. The van der Waals surface area contributed by atoms with Gasteiger partial charge >= 0.3 is 5.97 Å². The Bertz CT molecular complexity index is 1020. The lowest BCUT2D eigenvalue weighted by Gasteiger charge is -2.35. The molecule has 1 fully saturated rings. The zero-order valence-corrected chi connectivity index (χ0v) is 19.7. The molecule has 0 aromatic carbocycles. The van der Waals surface area contributed by atoms with E-state index in [1.807, 2.05) is 0 Å². The lowest BCUT2D eigenvalue weighted by atomic mass is 9.79. The van der Waals surface area contributed by atoms with Crippen molar-refractivity contribution in [3.63, 3.8) is 0 Å². The number of nitrogens with zero attached hydrogens (tertiary/aromatic N) is 2. The van der Waals surface area contributed by atoms with Gasteiger partial charge in [0.05, 0.1) is 22.9 Å². The van der Waals surface area contributed by atoms with Gasteiger partial charge in [0.25, 0.3) is 5.91 Å². The van der Waals surface area contributed by atoms with Crippen molar-refractivity contribution in [3.05, 3.63) is 57.9 Å². The topological polar surface area (TPSA) is 101 Å². The first-order valence-corrected chi connectivity index (χ1v) is 12.2. The van der Waals surface area contributed by atoms with Crippen LogP contribution >= 0.6 is 11.6 Å². The molecule has 0 bridgehead atoms. The summed E-state index contributed by atoms with van der Waals surface area (Å²) >= 11 is 5.83. The lowest BCUT2D eigenvalue weighted by molar-refractivity contribution is -0.140. The van der Waals surface area contributed by atoms with Gasteiger partial charge in [-0.3, -0.25) is 14.8 Å². The van der Waals surface area contributed by atoms with Crippen LogP contribution in [0.2, 0.25) is 5.02 Å². The second kappa shape index (κ2) is 11.2. The molecule has 4 rings (SSSR count). The number of amides is 1. The summed E-state index contributed by atoms with van der Waals surface area (Å²) < 4.78 is 19.7. The third-order valence-electron chi connectivity index (χ3n) is 6.68. The molecule has 1 unspecified atom stereocenters. The minimum absolute atomic E-state index is 0.0750. The molecule has 2 aliphatic carbocycles. The maximum Gasteiger partial charge on any atom is 0.326 e. The molecule has 2 aliphatic rings. The number of aromatic nitrogens is 2.